The van der Waals surface area contributed by atoms with Crippen LogP contribution < -0.4 is 0 Å². The number of hydrogen-bond acceptors (Lipinski definition) is 3. The molecule has 1 N–H and O–H groups in total. The minimum atomic E-state index is -0.499. The number of aliphatic hydroxyl groups excluding tert-OH is 1. The molecule has 1 unspecified atom stereocenters. The summed E-state index contributed by atoms with van der Waals surface area (Å²) in [6.45, 7) is 9.50. The lowest BCUT2D eigenvalue weighted by molar-refractivity contribution is 0.00885. The molecule has 96 valence electrons. The van der Waals surface area contributed by atoms with E-state index in [0.717, 1.165) is 6.42 Å². The third-order valence-electron chi connectivity index (χ3n) is 2.67. The molecule has 0 aromatic heterocycles. The van der Waals surface area contributed by atoms with Crippen LogP contribution in [0.3, 0.4) is 0 Å². The molecule has 0 aromatic carbocycles. The molecule has 0 fully saturated rings. The van der Waals surface area contributed by atoms with Crippen LogP contribution >= 0.6 is 0 Å². The maximum absolute atomic E-state index is 11.8. The van der Waals surface area contributed by atoms with Crippen LogP contribution in [0.15, 0.2) is 0 Å². The maximum Gasteiger partial charge on any atom is 0.410 e. The standard InChI is InChI=1S/C12H25NO3/c1-7-9(2)10(8-14)13(6)11(15)16-12(3,4)5/h9-10,14H,7-8H2,1-6H3/t9-,10?/m0/s1. The van der Waals surface area contributed by atoms with Crippen LogP contribution in [-0.2, 0) is 4.74 Å². The van der Waals surface area contributed by atoms with Crippen molar-refractivity contribution in [2.75, 3.05) is 13.7 Å². The number of hydrogen-bond donors (Lipinski definition) is 1. The molecule has 1 amide bonds. The zero-order valence-corrected chi connectivity index (χ0v) is 11.3. The van der Waals surface area contributed by atoms with Crippen LogP contribution in [0.4, 0.5) is 4.79 Å². The Balaban J connectivity index is 4.51. The summed E-state index contributed by atoms with van der Waals surface area (Å²) >= 11 is 0. The molecule has 0 heterocycles. The Bertz CT molecular complexity index is 223. The highest BCUT2D eigenvalue weighted by molar-refractivity contribution is 5.68. The van der Waals surface area contributed by atoms with Gasteiger partial charge in [-0.05, 0) is 26.7 Å². The largest absolute Gasteiger partial charge is 0.444 e. The number of rotatable bonds is 4. The molecule has 0 saturated heterocycles. The fourth-order valence-corrected chi connectivity index (χ4v) is 1.43. The Morgan fingerprint density at radius 1 is 1.44 bits per heavy atom. The second-order valence-corrected chi connectivity index (χ2v) is 5.23. The number of carbonyl (C=O) groups excluding carboxylic acids is 1. The van der Waals surface area contributed by atoms with Crippen molar-refractivity contribution in [1.82, 2.24) is 4.90 Å². The molecule has 0 aliphatic rings. The van der Waals surface area contributed by atoms with Crippen molar-refractivity contribution in [3.63, 3.8) is 0 Å². The number of amides is 1. The minimum absolute atomic E-state index is 0.0370. The van der Waals surface area contributed by atoms with Gasteiger partial charge in [-0.2, -0.15) is 0 Å². The van der Waals surface area contributed by atoms with E-state index >= 15 is 0 Å². The van der Waals surface area contributed by atoms with Crippen molar-refractivity contribution in [1.29, 1.82) is 0 Å². The molecule has 0 spiro atoms. The van der Waals surface area contributed by atoms with E-state index in [1.165, 1.54) is 4.90 Å². The monoisotopic (exact) mass is 231 g/mol. The van der Waals surface area contributed by atoms with Crippen LogP contribution in [0, 0.1) is 5.92 Å². The van der Waals surface area contributed by atoms with Gasteiger partial charge in [0.15, 0.2) is 0 Å². The third kappa shape index (κ3) is 4.84. The zero-order valence-electron chi connectivity index (χ0n) is 11.3. The number of nitrogens with zero attached hydrogens (tertiary/aromatic N) is 1. The molecule has 0 radical (unpaired) electrons. The van der Waals surface area contributed by atoms with E-state index in [-0.39, 0.29) is 24.7 Å². The molecule has 2 atom stereocenters. The normalized spacial score (nSPS) is 15.4. The summed E-state index contributed by atoms with van der Waals surface area (Å²) in [7, 11) is 1.67. The van der Waals surface area contributed by atoms with E-state index < -0.39 is 5.60 Å². The van der Waals surface area contributed by atoms with E-state index in [9.17, 15) is 9.90 Å². The van der Waals surface area contributed by atoms with Crippen molar-refractivity contribution < 1.29 is 14.6 Å². The molecule has 0 saturated carbocycles. The van der Waals surface area contributed by atoms with Gasteiger partial charge in [0.2, 0.25) is 0 Å². The zero-order chi connectivity index (χ0) is 12.9. The predicted molar refractivity (Wildman–Crippen MR) is 64.3 cm³/mol. The average molecular weight is 231 g/mol. The minimum Gasteiger partial charge on any atom is -0.444 e. The van der Waals surface area contributed by atoms with Gasteiger partial charge in [0.25, 0.3) is 0 Å². The topological polar surface area (TPSA) is 49.8 Å². The molecular weight excluding hydrogens is 206 g/mol. The van der Waals surface area contributed by atoms with Crippen LogP contribution in [0.1, 0.15) is 41.0 Å². The Morgan fingerprint density at radius 2 is 1.94 bits per heavy atom. The van der Waals surface area contributed by atoms with Gasteiger partial charge in [-0.1, -0.05) is 20.3 Å². The molecule has 16 heavy (non-hydrogen) atoms. The first kappa shape index (κ1) is 15.2. The average Bonchev–Trinajstić information content (AvgIpc) is 2.15. The second-order valence-electron chi connectivity index (χ2n) is 5.23. The van der Waals surface area contributed by atoms with E-state index in [0.29, 0.717) is 0 Å². The van der Waals surface area contributed by atoms with Gasteiger partial charge in [0.05, 0.1) is 12.6 Å². The van der Waals surface area contributed by atoms with Gasteiger partial charge < -0.3 is 14.7 Å². The first-order valence-electron chi connectivity index (χ1n) is 5.79. The summed E-state index contributed by atoms with van der Waals surface area (Å²) in [6.07, 6.45) is 0.532. The molecule has 0 aliphatic heterocycles. The van der Waals surface area contributed by atoms with E-state index in [1.807, 2.05) is 34.6 Å². The number of carbonyl (C=O) groups is 1. The Morgan fingerprint density at radius 3 is 2.25 bits per heavy atom. The summed E-state index contributed by atoms with van der Waals surface area (Å²) in [4.78, 5) is 13.3. The van der Waals surface area contributed by atoms with Crippen molar-refractivity contribution in [3.05, 3.63) is 0 Å². The fraction of sp³-hybridized carbons (Fsp3) is 0.917. The predicted octanol–water partition coefficient (Wildman–Crippen LogP) is 2.26. The SMILES string of the molecule is CC[C@H](C)C(CO)N(C)C(=O)OC(C)(C)C. The smallest absolute Gasteiger partial charge is 0.410 e. The fourth-order valence-electron chi connectivity index (χ4n) is 1.43. The number of likely N-dealkylation sites (N-methyl/N-ethyl adjacent to an activating group) is 1. The molecule has 0 aromatic rings. The number of aliphatic hydroxyl groups is 1. The lowest BCUT2D eigenvalue weighted by atomic mass is 9.99. The van der Waals surface area contributed by atoms with Crippen LogP contribution in [0.25, 0.3) is 0 Å². The molecular formula is C12H25NO3. The summed E-state index contributed by atoms with van der Waals surface area (Å²) in [5, 5.41) is 9.30. The van der Waals surface area contributed by atoms with Crippen molar-refractivity contribution in [2.45, 2.75) is 52.7 Å². The van der Waals surface area contributed by atoms with Gasteiger partial charge in [-0.25, -0.2) is 4.79 Å². The third-order valence-corrected chi connectivity index (χ3v) is 2.67. The van der Waals surface area contributed by atoms with Gasteiger partial charge in [0, 0.05) is 7.05 Å². The molecule has 4 nitrogen and oxygen atoms in total. The summed E-state index contributed by atoms with van der Waals surface area (Å²) in [5.41, 5.74) is -0.499. The van der Waals surface area contributed by atoms with Crippen molar-refractivity contribution in [3.8, 4) is 0 Å². The summed E-state index contributed by atoms with van der Waals surface area (Å²) in [5.74, 6) is 0.252. The van der Waals surface area contributed by atoms with Crippen LogP contribution in [0.2, 0.25) is 0 Å². The van der Waals surface area contributed by atoms with E-state index in [1.54, 1.807) is 7.05 Å². The number of ether oxygens (including phenoxy) is 1. The van der Waals surface area contributed by atoms with Crippen molar-refractivity contribution in [2.24, 2.45) is 5.92 Å². The highest BCUT2D eigenvalue weighted by Gasteiger charge is 2.27. The first-order valence-corrected chi connectivity index (χ1v) is 5.79. The molecule has 0 rings (SSSR count). The Kier molecular flexibility index (Phi) is 5.79. The Labute approximate surface area is 98.6 Å². The van der Waals surface area contributed by atoms with Crippen LogP contribution in [-0.4, -0.2) is 41.4 Å². The Hall–Kier alpha value is -0.770. The summed E-state index contributed by atoms with van der Waals surface area (Å²) in [6, 6.07) is -0.181. The second kappa shape index (κ2) is 6.09. The van der Waals surface area contributed by atoms with Crippen LogP contribution in [0.5, 0.6) is 0 Å². The molecule has 0 aliphatic carbocycles. The summed E-state index contributed by atoms with van der Waals surface area (Å²) < 4.78 is 5.25. The first-order chi connectivity index (χ1) is 7.22. The van der Waals surface area contributed by atoms with Gasteiger partial charge in [-0.15, -0.1) is 0 Å². The van der Waals surface area contributed by atoms with Gasteiger partial charge in [0.1, 0.15) is 5.60 Å². The van der Waals surface area contributed by atoms with E-state index in [2.05, 4.69) is 0 Å². The van der Waals surface area contributed by atoms with Gasteiger partial charge in [-0.3, -0.25) is 0 Å². The van der Waals surface area contributed by atoms with Gasteiger partial charge >= 0.3 is 6.09 Å². The highest BCUT2D eigenvalue weighted by atomic mass is 16.6. The lowest BCUT2D eigenvalue weighted by Crippen LogP contribution is -2.45. The van der Waals surface area contributed by atoms with E-state index in [4.69, 9.17) is 4.74 Å². The quantitative estimate of drug-likeness (QED) is 0.807. The lowest BCUT2D eigenvalue weighted by Gasteiger charge is -2.32. The maximum atomic E-state index is 11.8. The molecule has 0 bridgehead atoms. The molecule has 4 heteroatoms. The van der Waals surface area contributed by atoms with Crippen molar-refractivity contribution >= 4 is 6.09 Å². The highest BCUT2D eigenvalue weighted by Crippen LogP contribution is 2.16.